The molecular weight excluding hydrogens is 326 g/mol. The lowest BCUT2D eigenvalue weighted by molar-refractivity contribution is -1.02. The highest BCUT2D eigenvalue weighted by Gasteiger charge is 2.35. The molecule has 0 bridgehead atoms. The number of rotatable bonds is 4. The summed E-state index contributed by atoms with van der Waals surface area (Å²) in [6.45, 7) is 6.12. The molecule has 2 aliphatic heterocycles. The van der Waals surface area contributed by atoms with Crippen LogP contribution < -0.4 is 14.5 Å². The van der Waals surface area contributed by atoms with E-state index in [1.807, 2.05) is 0 Å². The van der Waals surface area contributed by atoms with Crippen molar-refractivity contribution >= 4 is 10.0 Å². The van der Waals surface area contributed by atoms with Gasteiger partial charge in [-0.05, 0) is 24.3 Å². The second-order valence-electron chi connectivity index (χ2n) is 6.97. The molecule has 2 aliphatic rings. The molecule has 0 aromatic heterocycles. The van der Waals surface area contributed by atoms with Gasteiger partial charge in [-0.15, -0.1) is 0 Å². The summed E-state index contributed by atoms with van der Waals surface area (Å²) in [5.74, 6) is 0.674. The van der Waals surface area contributed by atoms with Crippen molar-refractivity contribution in [1.82, 2.24) is 4.31 Å². The van der Waals surface area contributed by atoms with Crippen LogP contribution in [0.3, 0.4) is 0 Å². The predicted molar refractivity (Wildman–Crippen MR) is 92.1 cm³/mol. The van der Waals surface area contributed by atoms with E-state index in [4.69, 9.17) is 4.74 Å². The minimum atomic E-state index is -3.39. The number of piperazine rings is 1. The van der Waals surface area contributed by atoms with Crippen LogP contribution in [0.4, 0.5) is 0 Å². The Bertz CT molecular complexity index is 632. The second-order valence-corrected chi connectivity index (χ2v) is 8.91. The number of hydrogen-bond acceptors (Lipinski definition) is 3. The number of benzene rings is 1. The number of likely N-dealkylation sites (N-methyl/N-ethyl adjacent to an activating group) is 1. The summed E-state index contributed by atoms with van der Waals surface area (Å²) in [6, 6.07) is 7.29. The lowest BCUT2D eigenvalue weighted by Gasteiger charge is -2.37. The van der Waals surface area contributed by atoms with Crippen LogP contribution in [0, 0.1) is 0 Å². The highest BCUT2D eigenvalue weighted by molar-refractivity contribution is 7.89. The molecule has 6 nitrogen and oxygen atoms in total. The van der Waals surface area contributed by atoms with E-state index in [0.717, 1.165) is 12.8 Å². The van der Waals surface area contributed by atoms with Crippen molar-refractivity contribution in [3.8, 4) is 5.75 Å². The van der Waals surface area contributed by atoms with Crippen molar-refractivity contribution in [2.24, 2.45) is 0 Å². The molecule has 0 amide bonds. The molecule has 0 atom stereocenters. The standard InChI is InChI=1S/C17H27N3O3S/c1-18-11-13-19(14-12-18)15-7-9-20(10-8-15)24(21,22)17-5-3-16(23-2)4-6-17/h3-6,15H,7-14H2,1-2H3/p+2. The Balaban J connectivity index is 1.60. The quantitative estimate of drug-likeness (QED) is 0.674. The van der Waals surface area contributed by atoms with Gasteiger partial charge in [0, 0.05) is 25.9 Å². The van der Waals surface area contributed by atoms with Crippen molar-refractivity contribution in [1.29, 1.82) is 0 Å². The monoisotopic (exact) mass is 355 g/mol. The van der Waals surface area contributed by atoms with Gasteiger partial charge in [-0.25, -0.2) is 8.42 Å². The molecule has 0 saturated carbocycles. The highest BCUT2D eigenvalue weighted by atomic mass is 32.2. The third kappa shape index (κ3) is 3.74. The Morgan fingerprint density at radius 3 is 2.17 bits per heavy atom. The van der Waals surface area contributed by atoms with Crippen molar-refractivity contribution in [3.05, 3.63) is 24.3 Å². The van der Waals surface area contributed by atoms with Crippen molar-refractivity contribution in [2.75, 3.05) is 53.4 Å². The molecule has 3 rings (SSSR count). The summed E-state index contributed by atoms with van der Waals surface area (Å²) in [7, 11) is 0.445. The summed E-state index contributed by atoms with van der Waals surface area (Å²) >= 11 is 0. The molecule has 24 heavy (non-hydrogen) atoms. The van der Waals surface area contributed by atoms with Gasteiger partial charge in [0.1, 0.15) is 31.9 Å². The molecule has 0 aliphatic carbocycles. The van der Waals surface area contributed by atoms with Crippen molar-refractivity contribution < 1.29 is 23.0 Å². The summed E-state index contributed by atoms with van der Waals surface area (Å²) < 4.78 is 32.3. The van der Waals surface area contributed by atoms with Crippen LogP contribution in [-0.2, 0) is 10.0 Å². The first-order chi connectivity index (χ1) is 11.5. The molecule has 0 unspecified atom stereocenters. The van der Waals surface area contributed by atoms with E-state index < -0.39 is 10.0 Å². The number of nitrogens with one attached hydrogen (secondary N) is 2. The summed E-state index contributed by atoms with van der Waals surface area (Å²) in [6.07, 6.45) is 1.92. The molecule has 1 aromatic carbocycles. The normalized spacial score (nSPS) is 27.1. The third-order valence-electron chi connectivity index (χ3n) is 5.47. The van der Waals surface area contributed by atoms with Crippen LogP contribution in [0.2, 0.25) is 0 Å². The number of ether oxygens (including phenoxy) is 1. The van der Waals surface area contributed by atoms with E-state index in [-0.39, 0.29) is 0 Å². The molecule has 2 saturated heterocycles. The molecule has 1 aromatic rings. The van der Waals surface area contributed by atoms with E-state index >= 15 is 0 Å². The Kier molecular flexibility index (Phi) is 5.44. The number of methoxy groups -OCH3 is 1. The van der Waals surface area contributed by atoms with Crippen LogP contribution in [0.15, 0.2) is 29.2 Å². The zero-order valence-corrected chi connectivity index (χ0v) is 15.4. The first-order valence-electron chi connectivity index (χ1n) is 8.81. The topological polar surface area (TPSA) is 55.5 Å². The van der Waals surface area contributed by atoms with Gasteiger partial charge in [-0.2, -0.15) is 4.31 Å². The maximum Gasteiger partial charge on any atom is 0.243 e. The van der Waals surface area contributed by atoms with Crippen LogP contribution >= 0.6 is 0 Å². The van der Waals surface area contributed by atoms with E-state index in [1.165, 1.54) is 26.2 Å². The van der Waals surface area contributed by atoms with Gasteiger partial charge in [-0.1, -0.05) is 0 Å². The fraction of sp³-hybridized carbons (Fsp3) is 0.647. The van der Waals surface area contributed by atoms with E-state index in [9.17, 15) is 8.42 Å². The lowest BCUT2D eigenvalue weighted by Crippen LogP contribution is -3.28. The van der Waals surface area contributed by atoms with Crippen molar-refractivity contribution in [2.45, 2.75) is 23.8 Å². The summed E-state index contributed by atoms with van der Waals surface area (Å²) in [4.78, 5) is 3.64. The fourth-order valence-electron chi connectivity index (χ4n) is 3.81. The van der Waals surface area contributed by atoms with E-state index in [1.54, 1.807) is 45.5 Å². The van der Waals surface area contributed by atoms with Crippen LogP contribution in [0.25, 0.3) is 0 Å². The molecule has 2 N–H and O–H groups in total. The van der Waals surface area contributed by atoms with Gasteiger partial charge in [0.05, 0.1) is 25.1 Å². The average molecular weight is 356 g/mol. The van der Waals surface area contributed by atoms with Crippen molar-refractivity contribution in [3.63, 3.8) is 0 Å². The number of piperidine rings is 1. The first-order valence-corrected chi connectivity index (χ1v) is 10.2. The Morgan fingerprint density at radius 1 is 1.04 bits per heavy atom. The van der Waals surface area contributed by atoms with Gasteiger partial charge >= 0.3 is 0 Å². The zero-order chi connectivity index (χ0) is 17.2. The SMILES string of the molecule is COc1ccc(S(=O)(=O)N2CCC([NH+]3CC[NH+](C)CC3)CC2)cc1. The second kappa shape index (κ2) is 7.39. The van der Waals surface area contributed by atoms with E-state index in [2.05, 4.69) is 7.05 Å². The Labute approximate surface area is 145 Å². The molecule has 0 radical (unpaired) electrons. The minimum absolute atomic E-state index is 0.359. The van der Waals surface area contributed by atoms with Crippen LogP contribution in [-0.4, -0.2) is 72.2 Å². The summed E-state index contributed by atoms with van der Waals surface area (Å²) in [5, 5.41) is 0. The van der Waals surface area contributed by atoms with Crippen LogP contribution in [0.1, 0.15) is 12.8 Å². The zero-order valence-electron chi connectivity index (χ0n) is 14.6. The number of hydrogen-bond donors (Lipinski definition) is 2. The molecule has 2 heterocycles. The number of sulfonamides is 1. The fourth-order valence-corrected chi connectivity index (χ4v) is 5.28. The van der Waals surface area contributed by atoms with E-state index in [0.29, 0.717) is 29.8 Å². The number of quaternary nitrogens is 2. The molecule has 134 valence electrons. The van der Waals surface area contributed by atoms with Gasteiger partial charge in [0.25, 0.3) is 0 Å². The maximum absolute atomic E-state index is 12.8. The Hall–Kier alpha value is -1.15. The van der Waals surface area contributed by atoms with Gasteiger partial charge < -0.3 is 14.5 Å². The molecule has 0 spiro atoms. The molecule has 7 heteroatoms. The van der Waals surface area contributed by atoms with Gasteiger partial charge in [0.15, 0.2) is 0 Å². The van der Waals surface area contributed by atoms with Gasteiger partial charge in [-0.3, -0.25) is 0 Å². The summed E-state index contributed by atoms with van der Waals surface area (Å²) in [5.41, 5.74) is 0. The Morgan fingerprint density at radius 2 is 1.62 bits per heavy atom. The number of nitrogens with zero attached hydrogens (tertiary/aromatic N) is 1. The first kappa shape index (κ1) is 17.7. The lowest BCUT2D eigenvalue weighted by atomic mass is 10.0. The smallest absolute Gasteiger partial charge is 0.243 e. The largest absolute Gasteiger partial charge is 0.497 e. The average Bonchev–Trinajstić information content (AvgIpc) is 2.62. The van der Waals surface area contributed by atoms with Gasteiger partial charge in [0.2, 0.25) is 10.0 Å². The predicted octanol–water partition coefficient (Wildman–Crippen LogP) is -1.74. The third-order valence-corrected chi connectivity index (χ3v) is 7.39. The minimum Gasteiger partial charge on any atom is -0.497 e. The highest BCUT2D eigenvalue weighted by Crippen LogP contribution is 2.22. The molecule has 2 fully saturated rings. The molecular formula is C17H29N3O3S+2. The van der Waals surface area contributed by atoms with Crippen LogP contribution in [0.5, 0.6) is 5.75 Å². The maximum atomic E-state index is 12.8.